The maximum Gasteiger partial charge on any atom is 0.0620 e. The Kier molecular flexibility index (Phi) is 8.65. The molecule has 0 spiro atoms. The van der Waals surface area contributed by atoms with E-state index in [2.05, 4.69) is 251 Å². The Morgan fingerprint density at radius 3 is 1.76 bits per heavy atom. The number of aromatic nitrogens is 5. The van der Waals surface area contributed by atoms with Crippen molar-refractivity contribution in [1.82, 2.24) is 23.1 Å². The summed E-state index contributed by atoms with van der Waals surface area (Å²) in [5.74, 6) is 2.39. The van der Waals surface area contributed by atoms with Gasteiger partial charge in [-0.2, -0.15) is 0 Å². The summed E-state index contributed by atoms with van der Waals surface area (Å²) in [4.78, 5) is 4.92. The van der Waals surface area contributed by atoms with Crippen LogP contribution in [0.25, 0.3) is 110 Å². The first-order valence-electron chi connectivity index (χ1n) is 22.9. The second kappa shape index (κ2) is 15.1. The van der Waals surface area contributed by atoms with Gasteiger partial charge in [-0.3, -0.25) is 0 Å². The molecule has 0 amide bonds. The van der Waals surface area contributed by atoms with Crippen LogP contribution >= 0.6 is 0 Å². The first-order valence-corrected chi connectivity index (χ1v) is 24.0. The number of rotatable bonds is 7. The molecule has 0 aliphatic carbocycles. The van der Waals surface area contributed by atoms with Crippen molar-refractivity contribution in [3.63, 3.8) is 0 Å². The van der Waals surface area contributed by atoms with Gasteiger partial charge in [0.1, 0.15) is 0 Å². The van der Waals surface area contributed by atoms with E-state index in [1.807, 2.05) is 12.3 Å². The molecular weight excluding hydrogens is 1010 g/mol. The summed E-state index contributed by atoms with van der Waals surface area (Å²) in [6.45, 7) is 2.12. The fraction of sp³-hybridized carbons (Fsp3) is 0.0164. The van der Waals surface area contributed by atoms with Crippen molar-refractivity contribution >= 4 is 70.9 Å². The Balaban J connectivity index is 0.935. The molecule has 0 N–H and O–H groups in total. The molecule has 14 aromatic rings. The van der Waals surface area contributed by atoms with E-state index in [0.29, 0.717) is 0 Å². The quantitative estimate of drug-likeness (QED) is 0.160. The fourth-order valence-electron chi connectivity index (χ4n) is 10.7. The number of imidazole rings is 1. The number of benzene rings is 9. The first-order chi connectivity index (χ1) is 33.6. The van der Waals surface area contributed by atoms with Gasteiger partial charge < -0.3 is 4.40 Å². The van der Waals surface area contributed by atoms with E-state index in [1.54, 1.807) is 0 Å². The third-order valence-electron chi connectivity index (χ3n) is 13.8. The minimum atomic E-state index is 0.750. The van der Waals surface area contributed by atoms with Crippen molar-refractivity contribution in [2.45, 2.75) is 6.92 Å². The van der Waals surface area contributed by atoms with Gasteiger partial charge in [0.2, 0.25) is 0 Å². The van der Waals surface area contributed by atoms with Gasteiger partial charge >= 0.3 is 301 Å². The van der Waals surface area contributed by atoms with E-state index in [1.165, 1.54) is 43.5 Å². The van der Waals surface area contributed by atoms with E-state index >= 15 is 0 Å². The summed E-state index contributed by atoms with van der Waals surface area (Å²) in [7, 11) is 0. The summed E-state index contributed by atoms with van der Waals surface area (Å²) in [5, 5.41) is 7.37. The number of ether oxygens (including phenoxy) is 1. The number of pyridine rings is 1. The molecule has 5 heterocycles. The molecule has 324 valence electrons. The average Bonchev–Trinajstić information content (AvgIpc) is 4.10. The van der Waals surface area contributed by atoms with E-state index in [0.717, 1.165) is 87.8 Å². The normalized spacial score (nSPS) is 12.0. The molecule has 0 bridgehead atoms. The summed E-state index contributed by atoms with van der Waals surface area (Å²) >= 11 is 2.51. The summed E-state index contributed by atoms with van der Waals surface area (Å²) in [6.07, 6.45) is 1.87. The largest absolute Gasteiger partial charge is 0.0620 e. The van der Waals surface area contributed by atoms with Crippen molar-refractivity contribution in [1.29, 1.82) is 0 Å². The predicted molar refractivity (Wildman–Crippen MR) is 275 cm³/mol. The Bertz CT molecular complexity index is 4320. The third kappa shape index (κ3) is 5.74. The molecule has 5 aromatic heterocycles. The summed E-state index contributed by atoms with van der Waals surface area (Å²) in [5.41, 5.74) is 15.8. The number of hydrogen-bond acceptors (Lipinski definition) is 2. The topological polar surface area (TPSA) is 41.3 Å². The zero-order valence-corrected chi connectivity index (χ0v) is 39.0. The van der Waals surface area contributed by atoms with Gasteiger partial charge in [0.05, 0.1) is 16.6 Å². The van der Waals surface area contributed by atoms with Gasteiger partial charge in [0.15, 0.2) is 0 Å². The van der Waals surface area contributed by atoms with Crippen LogP contribution in [0.5, 0.6) is 11.5 Å². The molecule has 0 unspecified atom stereocenters. The molecular formula is C61H39N5OPt. The molecule has 9 aromatic carbocycles. The molecule has 0 radical (unpaired) electrons. The molecule has 6 nitrogen and oxygen atoms in total. The van der Waals surface area contributed by atoms with Crippen LogP contribution in [0.3, 0.4) is 0 Å². The van der Waals surface area contributed by atoms with Gasteiger partial charge in [-0.05, 0) is 12.1 Å². The zero-order chi connectivity index (χ0) is 45.0. The first kappa shape index (κ1) is 38.9. The third-order valence-corrected chi connectivity index (χ3v) is 14.8. The molecule has 0 aliphatic heterocycles. The van der Waals surface area contributed by atoms with Crippen LogP contribution in [0.15, 0.2) is 219 Å². The van der Waals surface area contributed by atoms with E-state index < -0.39 is 0 Å². The number of hydrogen-bond donors (Lipinski definition) is 0. The van der Waals surface area contributed by atoms with Crippen LogP contribution in [-0.2, 0) is 19.4 Å². The minimum Gasteiger partial charge on any atom is 0.0620 e. The van der Waals surface area contributed by atoms with Crippen LogP contribution in [0.1, 0.15) is 5.56 Å². The number of nitrogens with zero attached hydrogens (tertiary/aromatic N) is 5. The fourth-order valence-corrected chi connectivity index (χ4v) is 11.8. The average molecular weight is 1050 g/mol. The molecule has 0 saturated heterocycles. The van der Waals surface area contributed by atoms with Crippen molar-refractivity contribution in [3.8, 4) is 50.9 Å². The summed E-state index contributed by atoms with van der Waals surface area (Å²) in [6, 6.07) is 76.1. The SMILES string of the molecule is Cc1ccc(-n2[c](=[Pt])n(-c3c(-c4ccccc4)cccc3-c3ccccc3)c3ccccc32)cc1Oc1ccc2c3cc4c5cccc6c7ccccc7n(c4cc3n(-c3ccccn3)c2c1)c65. The Hall–Kier alpha value is -8.31. The molecule has 0 fully saturated rings. The van der Waals surface area contributed by atoms with Crippen molar-refractivity contribution in [2.24, 2.45) is 0 Å². The minimum absolute atomic E-state index is 0.750. The van der Waals surface area contributed by atoms with E-state index in [-0.39, 0.29) is 0 Å². The van der Waals surface area contributed by atoms with Gasteiger partial charge in [-0.25, -0.2) is 0 Å². The summed E-state index contributed by atoms with van der Waals surface area (Å²) < 4.78 is 17.6. The van der Waals surface area contributed by atoms with Crippen molar-refractivity contribution in [2.75, 3.05) is 0 Å². The molecule has 7 heteroatoms. The van der Waals surface area contributed by atoms with Crippen LogP contribution in [0.2, 0.25) is 0 Å². The predicted octanol–water partition coefficient (Wildman–Crippen LogP) is 15.6. The van der Waals surface area contributed by atoms with Gasteiger partial charge in [0, 0.05) is 27.7 Å². The Morgan fingerprint density at radius 1 is 0.426 bits per heavy atom. The van der Waals surface area contributed by atoms with Gasteiger partial charge in [0.25, 0.3) is 0 Å². The number of para-hydroxylation sites is 5. The van der Waals surface area contributed by atoms with E-state index in [4.69, 9.17) is 9.72 Å². The molecule has 0 aliphatic rings. The molecule has 68 heavy (non-hydrogen) atoms. The van der Waals surface area contributed by atoms with Crippen LogP contribution in [0.4, 0.5) is 0 Å². The van der Waals surface area contributed by atoms with Crippen LogP contribution in [-0.4, -0.2) is 23.1 Å². The maximum absolute atomic E-state index is 7.01. The van der Waals surface area contributed by atoms with Crippen LogP contribution in [0, 0.1) is 10.7 Å². The maximum atomic E-state index is 7.01. The van der Waals surface area contributed by atoms with Crippen molar-refractivity contribution in [3.05, 3.63) is 228 Å². The van der Waals surface area contributed by atoms with Crippen molar-refractivity contribution < 1.29 is 24.1 Å². The zero-order valence-electron chi connectivity index (χ0n) is 36.7. The Morgan fingerprint density at radius 2 is 1.03 bits per heavy atom. The van der Waals surface area contributed by atoms with Gasteiger partial charge in [-0.15, -0.1) is 0 Å². The molecule has 0 atom stereocenters. The number of fused-ring (bicyclic) bond motifs is 10. The van der Waals surface area contributed by atoms with Crippen LogP contribution < -0.4 is 4.74 Å². The smallest absolute Gasteiger partial charge is 0.0620 e. The molecule has 0 saturated carbocycles. The van der Waals surface area contributed by atoms with E-state index in [9.17, 15) is 0 Å². The number of aryl methyl sites for hydroxylation is 1. The Labute approximate surface area is 401 Å². The standard InChI is InChI=1S/C61H39N5O.Pt/c1-39-29-30-42(63-38-64(54-27-11-10-26-53(54)63)60-44(40-16-4-2-5-17-40)21-14-22-45(60)41-18-6-3-7-19-41)34-58(39)67-43-31-32-47-50-36-51-49-24-15-23-48-46-20-8-9-25-52(46)66(61(48)49)57(51)37-56(50)65(55(47)35-43)59-28-12-13-33-62-59;/h2-37H,1H3;. The second-order valence-corrected chi connectivity index (χ2v) is 18.5. The second-order valence-electron chi connectivity index (χ2n) is 17.5. The van der Waals surface area contributed by atoms with Gasteiger partial charge in [-0.1, -0.05) is 42.5 Å². The molecule has 14 rings (SSSR count). The monoisotopic (exact) mass is 1050 g/mol.